The minimum atomic E-state index is -1.53. The highest BCUT2D eigenvalue weighted by Crippen LogP contribution is 2.45. The van der Waals surface area contributed by atoms with Crippen molar-refractivity contribution >= 4 is 5.78 Å². The van der Waals surface area contributed by atoms with E-state index in [1.165, 1.54) is 31.2 Å². The van der Waals surface area contributed by atoms with E-state index in [2.05, 4.69) is 0 Å². The highest BCUT2D eigenvalue weighted by atomic mass is 16.3. The second-order valence-electron chi connectivity index (χ2n) is 5.74. The van der Waals surface area contributed by atoms with E-state index in [9.17, 15) is 25.2 Å². The number of aryl methyl sites for hydroxylation is 1. The van der Waals surface area contributed by atoms with Crippen molar-refractivity contribution in [3.8, 4) is 11.5 Å². The molecule has 1 atom stereocenters. The molecule has 1 aliphatic rings. The number of aromatic hydroxyl groups is 2. The van der Waals surface area contributed by atoms with Crippen LogP contribution in [-0.2, 0) is 12.2 Å². The molecule has 2 aromatic carbocycles. The van der Waals surface area contributed by atoms with Crippen molar-refractivity contribution in [2.45, 2.75) is 26.1 Å². The number of phenols is 2. The topological polar surface area (TPSA) is 98.0 Å². The van der Waals surface area contributed by atoms with Crippen molar-refractivity contribution in [1.82, 2.24) is 0 Å². The highest BCUT2D eigenvalue weighted by molar-refractivity contribution is 6.15. The van der Waals surface area contributed by atoms with E-state index < -0.39 is 18.0 Å². The van der Waals surface area contributed by atoms with Crippen molar-refractivity contribution in [3.63, 3.8) is 0 Å². The van der Waals surface area contributed by atoms with E-state index >= 15 is 0 Å². The van der Waals surface area contributed by atoms with Gasteiger partial charge in [-0.25, -0.2) is 0 Å². The third-order valence-electron chi connectivity index (χ3n) is 4.26. The zero-order valence-electron chi connectivity index (χ0n) is 12.2. The van der Waals surface area contributed by atoms with E-state index in [0.29, 0.717) is 11.1 Å². The lowest BCUT2D eigenvalue weighted by Crippen LogP contribution is -2.33. The fourth-order valence-electron chi connectivity index (χ4n) is 3.12. The summed E-state index contributed by atoms with van der Waals surface area (Å²) in [6, 6.07) is 5.78. The molecule has 0 radical (unpaired) electrons. The van der Waals surface area contributed by atoms with E-state index in [1.807, 2.05) is 0 Å². The highest BCUT2D eigenvalue weighted by Gasteiger charge is 2.41. The molecule has 22 heavy (non-hydrogen) atoms. The quantitative estimate of drug-likeness (QED) is 0.642. The monoisotopic (exact) mass is 300 g/mol. The van der Waals surface area contributed by atoms with Crippen LogP contribution in [0.15, 0.2) is 24.3 Å². The van der Waals surface area contributed by atoms with Gasteiger partial charge in [0.1, 0.15) is 17.1 Å². The van der Waals surface area contributed by atoms with Crippen LogP contribution in [0, 0.1) is 6.92 Å². The number of ketones is 1. The lowest BCUT2D eigenvalue weighted by molar-refractivity contribution is 0.0853. The normalized spacial score (nSPS) is 19.7. The van der Waals surface area contributed by atoms with Gasteiger partial charge >= 0.3 is 0 Å². The van der Waals surface area contributed by atoms with Crippen LogP contribution in [0.2, 0.25) is 0 Å². The van der Waals surface area contributed by atoms with Crippen LogP contribution in [0.3, 0.4) is 0 Å². The smallest absolute Gasteiger partial charge is 0.197 e. The maximum Gasteiger partial charge on any atom is 0.197 e. The summed E-state index contributed by atoms with van der Waals surface area (Å²) >= 11 is 0. The van der Waals surface area contributed by atoms with Crippen LogP contribution in [0.1, 0.15) is 45.1 Å². The zero-order valence-corrected chi connectivity index (χ0v) is 12.2. The number of rotatable bonds is 1. The minimum Gasteiger partial charge on any atom is -0.508 e. The Labute approximate surface area is 127 Å². The average Bonchev–Trinajstić information content (AvgIpc) is 2.44. The predicted octanol–water partition coefficient (Wildman–Crippen LogP) is 1.70. The Bertz CT molecular complexity index is 805. The molecule has 0 fully saturated rings. The summed E-state index contributed by atoms with van der Waals surface area (Å²) in [7, 11) is 0. The molecular weight excluding hydrogens is 284 g/mol. The largest absolute Gasteiger partial charge is 0.508 e. The third-order valence-corrected chi connectivity index (χ3v) is 4.26. The molecule has 0 amide bonds. The minimum absolute atomic E-state index is 0.00200. The Morgan fingerprint density at radius 3 is 2.41 bits per heavy atom. The van der Waals surface area contributed by atoms with Gasteiger partial charge in [0.2, 0.25) is 0 Å². The van der Waals surface area contributed by atoms with Crippen molar-refractivity contribution in [2.24, 2.45) is 0 Å². The Hall–Kier alpha value is -2.37. The number of benzene rings is 2. The van der Waals surface area contributed by atoms with Crippen LogP contribution in [-0.4, -0.2) is 26.2 Å². The second kappa shape index (κ2) is 4.56. The molecular formula is C17H16O5. The van der Waals surface area contributed by atoms with Crippen molar-refractivity contribution < 1.29 is 25.2 Å². The number of aliphatic hydroxyl groups excluding tert-OH is 1. The van der Waals surface area contributed by atoms with Gasteiger partial charge in [-0.3, -0.25) is 4.79 Å². The van der Waals surface area contributed by atoms with Crippen LogP contribution in [0.25, 0.3) is 0 Å². The van der Waals surface area contributed by atoms with Crippen molar-refractivity contribution in [1.29, 1.82) is 0 Å². The van der Waals surface area contributed by atoms with Gasteiger partial charge in [0.15, 0.2) is 5.78 Å². The molecule has 3 rings (SSSR count). The molecule has 114 valence electrons. The van der Waals surface area contributed by atoms with E-state index in [1.54, 1.807) is 6.92 Å². The van der Waals surface area contributed by atoms with E-state index in [0.717, 1.165) is 0 Å². The van der Waals surface area contributed by atoms with Crippen molar-refractivity contribution in [3.05, 3.63) is 57.6 Å². The van der Waals surface area contributed by atoms with Gasteiger partial charge in [-0.1, -0.05) is 12.1 Å². The van der Waals surface area contributed by atoms with Crippen LogP contribution >= 0.6 is 0 Å². The molecule has 4 N–H and O–H groups in total. The Morgan fingerprint density at radius 2 is 1.77 bits per heavy atom. The molecule has 0 heterocycles. The zero-order chi connectivity index (χ0) is 16.2. The predicted molar refractivity (Wildman–Crippen MR) is 79.0 cm³/mol. The average molecular weight is 300 g/mol. The van der Waals surface area contributed by atoms with Crippen LogP contribution in [0.5, 0.6) is 11.5 Å². The van der Waals surface area contributed by atoms with Gasteiger partial charge in [-0.05, 0) is 31.5 Å². The van der Waals surface area contributed by atoms with Gasteiger partial charge in [-0.15, -0.1) is 0 Å². The molecule has 0 aliphatic heterocycles. The van der Waals surface area contributed by atoms with Gasteiger partial charge in [0, 0.05) is 22.3 Å². The molecule has 0 saturated carbocycles. The molecule has 2 aromatic rings. The Morgan fingerprint density at radius 1 is 1.09 bits per heavy atom. The fraction of sp³-hybridized carbons (Fsp3) is 0.235. The lowest BCUT2D eigenvalue weighted by Gasteiger charge is -2.34. The summed E-state index contributed by atoms with van der Waals surface area (Å²) in [5.41, 5.74) is 0.0254. The summed E-state index contributed by atoms with van der Waals surface area (Å²) < 4.78 is 0. The Kier molecular flexibility index (Phi) is 3.02. The van der Waals surface area contributed by atoms with Gasteiger partial charge in [0.05, 0.1) is 12.2 Å². The summed E-state index contributed by atoms with van der Waals surface area (Å²) in [6.07, 6.45) is 0. The van der Waals surface area contributed by atoms with Gasteiger partial charge in [0.25, 0.3) is 0 Å². The molecule has 1 aliphatic carbocycles. The summed E-state index contributed by atoms with van der Waals surface area (Å²) in [6.45, 7) is 2.76. The summed E-state index contributed by atoms with van der Waals surface area (Å²) in [5, 5.41) is 40.2. The molecule has 0 saturated heterocycles. The first-order valence-corrected chi connectivity index (χ1v) is 6.86. The number of aliphatic hydroxyl groups is 2. The standard InChI is InChI=1S/C17H16O5/c1-8-5-10(19)6-12-13(8)16(21)14-11(17(12,2)22)4-3-9(7-18)15(14)20/h3-6,18-20,22H,7H2,1-2H3. The van der Waals surface area contributed by atoms with Crippen LogP contribution < -0.4 is 0 Å². The van der Waals surface area contributed by atoms with E-state index in [4.69, 9.17) is 0 Å². The number of hydrogen-bond donors (Lipinski definition) is 4. The number of carbonyl (C=O) groups excluding carboxylic acids is 1. The van der Waals surface area contributed by atoms with Gasteiger partial charge < -0.3 is 20.4 Å². The molecule has 0 aromatic heterocycles. The molecule has 0 bridgehead atoms. The molecule has 5 heteroatoms. The van der Waals surface area contributed by atoms with Gasteiger partial charge in [-0.2, -0.15) is 0 Å². The fourth-order valence-corrected chi connectivity index (χ4v) is 3.12. The number of phenolic OH excluding ortho intramolecular Hbond substituents is 1. The number of hydrogen-bond acceptors (Lipinski definition) is 5. The maximum atomic E-state index is 12.8. The number of carbonyl (C=O) groups is 1. The lowest BCUT2D eigenvalue weighted by atomic mass is 9.73. The third kappa shape index (κ3) is 1.76. The summed E-state index contributed by atoms with van der Waals surface area (Å²) in [4.78, 5) is 12.8. The summed E-state index contributed by atoms with van der Waals surface area (Å²) in [5.74, 6) is -0.783. The Balaban J connectivity index is 2.41. The first-order chi connectivity index (χ1) is 10.3. The van der Waals surface area contributed by atoms with Crippen LogP contribution in [0.4, 0.5) is 0 Å². The first-order valence-electron chi connectivity index (χ1n) is 6.86. The van der Waals surface area contributed by atoms with E-state index in [-0.39, 0.29) is 33.8 Å². The molecule has 1 unspecified atom stereocenters. The first kappa shape index (κ1) is 14.6. The molecule has 5 nitrogen and oxygen atoms in total. The molecule has 0 spiro atoms. The second-order valence-corrected chi connectivity index (χ2v) is 5.74. The number of fused-ring (bicyclic) bond motifs is 2. The maximum absolute atomic E-state index is 12.8. The van der Waals surface area contributed by atoms with Crippen molar-refractivity contribution in [2.75, 3.05) is 0 Å². The SMILES string of the molecule is Cc1cc(O)cc2c1C(=O)c1c(ccc(CO)c1O)C2(C)O.